The van der Waals surface area contributed by atoms with Crippen molar-refractivity contribution in [1.82, 2.24) is 0 Å². The molecule has 0 unspecified atom stereocenters. The third kappa shape index (κ3) is 3.25. The van der Waals surface area contributed by atoms with Crippen molar-refractivity contribution < 1.29 is 19.4 Å². The molecule has 0 saturated heterocycles. The average molecular weight is 278 g/mol. The van der Waals surface area contributed by atoms with E-state index in [0.29, 0.717) is 24.0 Å². The van der Waals surface area contributed by atoms with Crippen molar-refractivity contribution in [3.8, 4) is 0 Å². The number of rotatable bonds is 4. The van der Waals surface area contributed by atoms with E-state index in [2.05, 4.69) is 0 Å². The maximum atomic E-state index is 12.1. The topological polar surface area (TPSA) is 63.6 Å². The average Bonchev–Trinajstić information content (AvgIpc) is 2.42. The third-order valence-corrected chi connectivity index (χ3v) is 3.83. The van der Waals surface area contributed by atoms with Gasteiger partial charge in [0.15, 0.2) is 5.78 Å². The number of carbonyl (C=O) groups is 2. The summed E-state index contributed by atoms with van der Waals surface area (Å²) in [6.45, 7) is 5.36. The molecule has 0 amide bonds. The van der Waals surface area contributed by atoms with Gasteiger partial charge < -0.3 is 9.84 Å². The summed E-state index contributed by atoms with van der Waals surface area (Å²) in [5.41, 5.74) is 1.39. The van der Waals surface area contributed by atoms with Crippen LogP contribution in [0.5, 0.6) is 0 Å². The predicted molar refractivity (Wildman–Crippen MR) is 77.0 cm³/mol. The van der Waals surface area contributed by atoms with Gasteiger partial charge in [0.1, 0.15) is 0 Å². The first-order valence-corrected chi connectivity index (χ1v) is 6.65. The second kappa shape index (κ2) is 6.66. The molecular formula is C16H22O4. The van der Waals surface area contributed by atoms with E-state index in [9.17, 15) is 9.59 Å². The number of hydrogen-bond donors (Lipinski definition) is 1. The lowest BCUT2D eigenvalue weighted by Crippen LogP contribution is -2.35. The van der Waals surface area contributed by atoms with E-state index in [1.54, 1.807) is 32.1 Å². The first-order valence-electron chi connectivity index (χ1n) is 6.65. The molecule has 0 saturated carbocycles. The Labute approximate surface area is 119 Å². The largest absolute Gasteiger partial charge is 0.468 e. The van der Waals surface area contributed by atoms with Crippen LogP contribution in [-0.2, 0) is 14.3 Å². The van der Waals surface area contributed by atoms with Gasteiger partial charge in [-0.15, -0.1) is 0 Å². The Kier molecular flexibility index (Phi) is 5.45. The maximum Gasteiger partial charge on any atom is 0.316 e. The molecule has 0 spiro atoms. The van der Waals surface area contributed by atoms with Gasteiger partial charge in [-0.25, -0.2) is 0 Å². The summed E-state index contributed by atoms with van der Waals surface area (Å²) in [6, 6.07) is 0. The number of hydrogen-bond acceptors (Lipinski definition) is 4. The molecule has 0 aromatic rings. The van der Waals surface area contributed by atoms with Crippen LogP contribution in [0, 0.1) is 5.41 Å². The van der Waals surface area contributed by atoms with Gasteiger partial charge in [0, 0.05) is 6.42 Å². The zero-order valence-corrected chi connectivity index (χ0v) is 12.5. The smallest absolute Gasteiger partial charge is 0.316 e. The monoisotopic (exact) mass is 278 g/mol. The minimum absolute atomic E-state index is 0.0403. The zero-order valence-electron chi connectivity index (χ0n) is 12.5. The standard InChI is InChI=1S/C16H22O4/c1-11(8-10-17)5-6-13-12(2)14(18)7-9-16(13,3)15(19)20-4/h5-6,8,17H,7,9-10H2,1-4H3/b6-5+,11-8+/t16-/m0/s1. The van der Waals surface area contributed by atoms with Gasteiger partial charge in [-0.1, -0.05) is 23.8 Å². The van der Waals surface area contributed by atoms with Crippen LogP contribution in [0.2, 0.25) is 0 Å². The van der Waals surface area contributed by atoms with Crippen LogP contribution in [-0.4, -0.2) is 30.6 Å². The lowest BCUT2D eigenvalue weighted by Gasteiger charge is -2.33. The Morgan fingerprint density at radius 3 is 2.70 bits per heavy atom. The molecule has 1 atom stereocenters. The molecule has 0 radical (unpaired) electrons. The van der Waals surface area contributed by atoms with Crippen molar-refractivity contribution in [3.05, 3.63) is 34.9 Å². The number of allylic oxidation sites excluding steroid dienone is 4. The van der Waals surface area contributed by atoms with Crippen molar-refractivity contribution >= 4 is 11.8 Å². The van der Waals surface area contributed by atoms with Crippen molar-refractivity contribution in [3.63, 3.8) is 0 Å². The number of ether oxygens (including phenoxy) is 1. The predicted octanol–water partition coefficient (Wildman–Crippen LogP) is 2.34. The molecule has 1 rings (SSSR count). The van der Waals surface area contributed by atoms with Crippen molar-refractivity contribution in [2.24, 2.45) is 5.41 Å². The number of aliphatic hydroxyl groups is 1. The van der Waals surface area contributed by atoms with Crippen molar-refractivity contribution in [1.29, 1.82) is 0 Å². The van der Waals surface area contributed by atoms with Crippen LogP contribution in [0.3, 0.4) is 0 Å². The lowest BCUT2D eigenvalue weighted by atomic mass is 9.70. The van der Waals surface area contributed by atoms with E-state index in [1.165, 1.54) is 7.11 Å². The lowest BCUT2D eigenvalue weighted by molar-refractivity contribution is -0.150. The Balaban J connectivity index is 3.25. The van der Waals surface area contributed by atoms with Crippen LogP contribution in [0.15, 0.2) is 34.9 Å². The molecule has 0 aromatic carbocycles. The number of ketones is 1. The van der Waals surface area contributed by atoms with E-state index in [4.69, 9.17) is 9.84 Å². The minimum atomic E-state index is -0.789. The van der Waals surface area contributed by atoms with Crippen molar-refractivity contribution in [2.45, 2.75) is 33.6 Å². The molecule has 1 N–H and O–H groups in total. The molecule has 1 aliphatic carbocycles. The SMILES string of the molecule is COC(=O)[C@@]1(C)CCC(=O)C(C)=C1/C=C/C(C)=C/CO. The molecule has 110 valence electrons. The van der Waals surface area contributed by atoms with Gasteiger partial charge in [-0.05, 0) is 38.3 Å². The summed E-state index contributed by atoms with van der Waals surface area (Å²) in [4.78, 5) is 23.9. The molecule has 20 heavy (non-hydrogen) atoms. The van der Waals surface area contributed by atoms with E-state index >= 15 is 0 Å². The van der Waals surface area contributed by atoms with E-state index in [1.807, 2.05) is 6.92 Å². The molecular weight excluding hydrogens is 256 g/mol. The highest BCUT2D eigenvalue weighted by molar-refractivity contribution is 6.00. The summed E-state index contributed by atoms with van der Waals surface area (Å²) < 4.78 is 4.89. The maximum absolute atomic E-state index is 12.1. The summed E-state index contributed by atoms with van der Waals surface area (Å²) in [5.74, 6) is -0.261. The molecule has 4 nitrogen and oxygen atoms in total. The molecule has 0 aromatic heterocycles. The molecule has 1 aliphatic rings. The van der Waals surface area contributed by atoms with Crippen LogP contribution >= 0.6 is 0 Å². The fraction of sp³-hybridized carbons (Fsp3) is 0.500. The van der Waals surface area contributed by atoms with E-state index in [-0.39, 0.29) is 18.4 Å². The Hall–Kier alpha value is -1.68. The van der Waals surface area contributed by atoms with Gasteiger partial charge in [0.2, 0.25) is 0 Å². The van der Waals surface area contributed by atoms with Gasteiger partial charge >= 0.3 is 5.97 Å². The highest BCUT2D eigenvalue weighted by atomic mass is 16.5. The van der Waals surface area contributed by atoms with Crippen molar-refractivity contribution in [2.75, 3.05) is 13.7 Å². The third-order valence-electron chi connectivity index (χ3n) is 3.83. The molecule has 0 bridgehead atoms. The van der Waals surface area contributed by atoms with Gasteiger partial charge in [-0.2, -0.15) is 0 Å². The summed E-state index contributed by atoms with van der Waals surface area (Å²) in [6.07, 6.45) is 6.06. The summed E-state index contributed by atoms with van der Waals surface area (Å²) >= 11 is 0. The van der Waals surface area contributed by atoms with Crippen LogP contribution in [0.25, 0.3) is 0 Å². The normalized spacial score (nSPS) is 24.4. The van der Waals surface area contributed by atoms with E-state index < -0.39 is 5.41 Å². The highest BCUT2D eigenvalue weighted by Gasteiger charge is 2.42. The number of carbonyl (C=O) groups excluding carboxylic acids is 2. The Morgan fingerprint density at radius 1 is 1.50 bits per heavy atom. The zero-order chi connectivity index (χ0) is 15.3. The number of Topliss-reactive ketones (excluding diaryl/α,β-unsaturated/α-hetero) is 1. The van der Waals surface area contributed by atoms with Crippen LogP contribution in [0.4, 0.5) is 0 Å². The van der Waals surface area contributed by atoms with E-state index in [0.717, 1.165) is 5.57 Å². The van der Waals surface area contributed by atoms with Gasteiger partial charge in [0.25, 0.3) is 0 Å². The second-order valence-corrected chi connectivity index (χ2v) is 5.25. The quantitative estimate of drug-likeness (QED) is 0.633. The molecule has 4 heteroatoms. The molecule has 0 fully saturated rings. The number of aliphatic hydroxyl groups excluding tert-OH is 1. The van der Waals surface area contributed by atoms with Gasteiger partial charge in [-0.3, -0.25) is 9.59 Å². The Bertz CT molecular complexity index is 497. The molecule has 0 heterocycles. The summed E-state index contributed by atoms with van der Waals surface area (Å²) in [5, 5.41) is 8.85. The van der Waals surface area contributed by atoms with Crippen LogP contribution in [0.1, 0.15) is 33.6 Å². The minimum Gasteiger partial charge on any atom is -0.468 e. The number of esters is 1. The fourth-order valence-corrected chi connectivity index (χ4v) is 2.42. The first kappa shape index (κ1) is 16.4. The highest BCUT2D eigenvalue weighted by Crippen LogP contribution is 2.41. The first-order chi connectivity index (χ1) is 9.36. The summed E-state index contributed by atoms with van der Waals surface area (Å²) in [7, 11) is 1.36. The van der Waals surface area contributed by atoms with Gasteiger partial charge in [0.05, 0.1) is 19.1 Å². The number of methoxy groups -OCH3 is 1. The molecule has 0 aliphatic heterocycles. The Morgan fingerprint density at radius 2 is 2.15 bits per heavy atom. The second-order valence-electron chi connectivity index (χ2n) is 5.25. The fourth-order valence-electron chi connectivity index (χ4n) is 2.42. The van der Waals surface area contributed by atoms with Crippen LogP contribution < -0.4 is 0 Å².